The molecule has 0 fully saturated rings. The van der Waals surface area contributed by atoms with Crippen LogP contribution in [0.2, 0.25) is 0 Å². The molecule has 2 N–H and O–H groups in total. The fraction of sp³-hybridized carbons (Fsp3) is 0.769. The van der Waals surface area contributed by atoms with Crippen molar-refractivity contribution in [1.29, 1.82) is 0 Å². The van der Waals surface area contributed by atoms with E-state index in [1.165, 1.54) is 11.8 Å². The molecule has 0 bridgehead atoms. The van der Waals surface area contributed by atoms with Crippen molar-refractivity contribution in [3.05, 3.63) is 0 Å². The second-order valence-corrected chi connectivity index (χ2v) is 6.51. The van der Waals surface area contributed by atoms with Crippen molar-refractivity contribution in [2.75, 3.05) is 12.8 Å². The number of rotatable bonds is 4. The summed E-state index contributed by atoms with van der Waals surface area (Å²) < 4.78 is 5.09. The highest BCUT2D eigenvalue weighted by Crippen LogP contribution is 2.25. The topological polar surface area (TPSA) is 88.0 Å². The van der Waals surface area contributed by atoms with E-state index in [0.29, 0.717) is 6.42 Å². The Kier molecular flexibility index (Phi) is 5.86. The summed E-state index contributed by atoms with van der Waals surface area (Å²) in [4.78, 5) is 27.3. The molecule has 114 valence electrons. The highest BCUT2D eigenvalue weighted by molar-refractivity contribution is 8.13. The van der Waals surface area contributed by atoms with E-state index in [0.717, 1.165) is 18.0 Å². The molecule has 0 aromatic heterocycles. The van der Waals surface area contributed by atoms with Crippen LogP contribution in [0.15, 0.2) is 4.99 Å². The minimum atomic E-state index is -1.05. The van der Waals surface area contributed by atoms with Gasteiger partial charge in [-0.2, -0.15) is 0 Å². The number of nitrogens with one attached hydrogen (secondary N) is 1. The largest absolute Gasteiger partial charge is 0.480 e. The van der Waals surface area contributed by atoms with Crippen LogP contribution in [0, 0.1) is 5.92 Å². The van der Waals surface area contributed by atoms with E-state index >= 15 is 0 Å². The monoisotopic (exact) mass is 302 g/mol. The molecule has 0 aliphatic carbocycles. The number of thioether (sulfide) groups is 1. The third-order valence-corrected chi connectivity index (χ3v) is 3.69. The Morgan fingerprint density at radius 3 is 2.70 bits per heavy atom. The third-order valence-electron chi connectivity index (χ3n) is 2.81. The number of carbonyl (C=O) groups excluding carboxylic acids is 1. The van der Waals surface area contributed by atoms with Gasteiger partial charge in [-0.3, -0.25) is 4.99 Å². The number of hydrogen-bond acceptors (Lipinski definition) is 5. The Bertz CT molecular complexity index is 404. The second-order valence-electron chi connectivity index (χ2n) is 5.68. The van der Waals surface area contributed by atoms with E-state index in [1.807, 2.05) is 6.26 Å². The molecular formula is C13H22N2O4S. The van der Waals surface area contributed by atoms with Crippen molar-refractivity contribution in [3.63, 3.8) is 0 Å². The number of ether oxygens (including phenoxy) is 1. The number of amides is 1. The van der Waals surface area contributed by atoms with Crippen molar-refractivity contribution in [2.24, 2.45) is 10.9 Å². The first kappa shape index (κ1) is 16.8. The second kappa shape index (κ2) is 6.97. The van der Waals surface area contributed by atoms with Gasteiger partial charge < -0.3 is 15.2 Å². The maximum atomic E-state index is 11.7. The smallest absolute Gasteiger partial charge is 0.408 e. The molecule has 0 aromatic carbocycles. The van der Waals surface area contributed by atoms with E-state index in [-0.39, 0.29) is 5.92 Å². The lowest BCUT2D eigenvalue weighted by molar-refractivity contribution is -0.139. The molecule has 2 atom stereocenters. The fourth-order valence-electron chi connectivity index (χ4n) is 1.99. The summed E-state index contributed by atoms with van der Waals surface area (Å²) in [5.74, 6) is -0.954. The minimum Gasteiger partial charge on any atom is -0.480 e. The van der Waals surface area contributed by atoms with Crippen molar-refractivity contribution < 1.29 is 19.4 Å². The number of carboxylic acids is 1. The molecule has 1 aliphatic rings. The van der Waals surface area contributed by atoms with E-state index in [2.05, 4.69) is 10.3 Å². The number of carboxylic acid groups (broad SMARTS) is 1. The average Bonchev–Trinajstić information content (AvgIpc) is 2.72. The van der Waals surface area contributed by atoms with Gasteiger partial charge in [-0.1, -0.05) is 0 Å². The Balaban J connectivity index is 2.60. The van der Waals surface area contributed by atoms with Gasteiger partial charge in [-0.15, -0.1) is 11.8 Å². The summed E-state index contributed by atoms with van der Waals surface area (Å²) in [5.41, 5.74) is -0.646. The number of carbonyl (C=O) groups is 2. The number of nitrogens with zero attached hydrogens (tertiary/aromatic N) is 1. The van der Waals surface area contributed by atoms with E-state index in [4.69, 9.17) is 4.74 Å². The van der Waals surface area contributed by atoms with Gasteiger partial charge in [0, 0.05) is 12.5 Å². The molecule has 0 spiro atoms. The van der Waals surface area contributed by atoms with Crippen LogP contribution in [-0.2, 0) is 9.53 Å². The van der Waals surface area contributed by atoms with Crippen LogP contribution in [0.3, 0.4) is 0 Å². The van der Waals surface area contributed by atoms with Crippen molar-refractivity contribution in [2.45, 2.75) is 45.3 Å². The zero-order chi connectivity index (χ0) is 15.3. The summed E-state index contributed by atoms with van der Waals surface area (Å²) in [6, 6.07) is -0.953. The van der Waals surface area contributed by atoms with Crippen molar-refractivity contribution in [3.8, 4) is 0 Å². The lowest BCUT2D eigenvalue weighted by atomic mass is 9.99. The minimum absolute atomic E-state index is 0.0982. The molecule has 1 rings (SSSR count). The van der Waals surface area contributed by atoms with Crippen molar-refractivity contribution >= 4 is 28.9 Å². The Hall–Kier alpha value is -1.24. The molecular weight excluding hydrogens is 280 g/mol. The molecule has 0 radical (unpaired) electrons. The maximum Gasteiger partial charge on any atom is 0.408 e. The summed E-state index contributed by atoms with van der Waals surface area (Å²) in [7, 11) is 0. The summed E-state index contributed by atoms with van der Waals surface area (Å²) in [5, 5.41) is 12.6. The molecule has 7 heteroatoms. The molecule has 1 aliphatic heterocycles. The Morgan fingerprint density at radius 2 is 2.20 bits per heavy atom. The van der Waals surface area contributed by atoms with Crippen LogP contribution in [0.25, 0.3) is 0 Å². The number of aliphatic carboxylic acids is 1. The van der Waals surface area contributed by atoms with Crippen LogP contribution in [-0.4, -0.2) is 46.7 Å². The SMILES string of the molecule is CSC1=NCCC1CC(NC(=O)OC(C)(C)C)C(=O)O. The van der Waals surface area contributed by atoms with Gasteiger partial charge in [0.2, 0.25) is 0 Å². The molecule has 2 unspecified atom stereocenters. The van der Waals surface area contributed by atoms with Crippen molar-refractivity contribution in [1.82, 2.24) is 5.32 Å². The third kappa shape index (κ3) is 5.40. The first-order valence-electron chi connectivity index (χ1n) is 6.53. The molecule has 1 heterocycles. The average molecular weight is 302 g/mol. The van der Waals surface area contributed by atoms with Crippen LogP contribution in [0.5, 0.6) is 0 Å². The fourth-order valence-corrected chi connectivity index (χ4v) is 2.76. The van der Waals surface area contributed by atoms with Gasteiger partial charge in [0.1, 0.15) is 11.6 Å². The first-order valence-corrected chi connectivity index (χ1v) is 7.76. The van der Waals surface area contributed by atoms with Crippen LogP contribution < -0.4 is 5.32 Å². The van der Waals surface area contributed by atoms with Crippen LogP contribution in [0.1, 0.15) is 33.6 Å². The van der Waals surface area contributed by atoms with Gasteiger partial charge in [-0.25, -0.2) is 9.59 Å². The summed E-state index contributed by atoms with van der Waals surface area (Å²) >= 11 is 1.54. The van der Waals surface area contributed by atoms with Gasteiger partial charge in [-0.05, 0) is 39.9 Å². The molecule has 0 saturated carbocycles. The van der Waals surface area contributed by atoms with Gasteiger partial charge >= 0.3 is 12.1 Å². The lowest BCUT2D eigenvalue weighted by Crippen LogP contribution is -2.44. The predicted octanol–water partition coefficient (Wildman–Crippen LogP) is 2.14. The van der Waals surface area contributed by atoms with Crippen LogP contribution in [0.4, 0.5) is 4.79 Å². The van der Waals surface area contributed by atoms with E-state index < -0.39 is 23.7 Å². The standard InChI is InChI=1S/C13H22N2O4S/c1-13(2,3)19-12(18)15-9(11(16)17)7-8-5-6-14-10(8)20-4/h8-9H,5-7H2,1-4H3,(H,15,18)(H,16,17). The summed E-state index contributed by atoms with van der Waals surface area (Å²) in [6.45, 7) is 5.92. The highest BCUT2D eigenvalue weighted by Gasteiger charge is 2.30. The molecule has 6 nitrogen and oxygen atoms in total. The highest BCUT2D eigenvalue weighted by atomic mass is 32.2. The van der Waals surface area contributed by atoms with E-state index in [1.54, 1.807) is 20.8 Å². The number of hydrogen-bond donors (Lipinski definition) is 2. The first-order chi connectivity index (χ1) is 9.23. The van der Waals surface area contributed by atoms with Gasteiger partial charge in [0.15, 0.2) is 0 Å². The molecule has 20 heavy (non-hydrogen) atoms. The lowest BCUT2D eigenvalue weighted by Gasteiger charge is -2.23. The quantitative estimate of drug-likeness (QED) is 0.830. The maximum absolute atomic E-state index is 11.7. The zero-order valence-corrected chi connectivity index (χ0v) is 13.1. The molecule has 1 amide bonds. The van der Waals surface area contributed by atoms with Crippen LogP contribution >= 0.6 is 11.8 Å². The van der Waals surface area contributed by atoms with E-state index in [9.17, 15) is 14.7 Å². The predicted molar refractivity (Wildman–Crippen MR) is 79.3 cm³/mol. The van der Waals surface area contributed by atoms with Gasteiger partial charge in [0.25, 0.3) is 0 Å². The van der Waals surface area contributed by atoms with Gasteiger partial charge in [0.05, 0.1) is 5.04 Å². The summed E-state index contributed by atoms with van der Waals surface area (Å²) in [6.07, 6.45) is 2.39. The normalized spacial score (nSPS) is 20.2. The Morgan fingerprint density at radius 1 is 1.55 bits per heavy atom. The molecule has 0 aromatic rings. The zero-order valence-electron chi connectivity index (χ0n) is 12.3. The Labute approximate surface area is 123 Å². The molecule has 0 saturated heterocycles. The number of aliphatic imine (C=N–C) groups is 1. The number of alkyl carbamates (subject to hydrolysis) is 1.